The quantitative estimate of drug-likeness (QED) is 0.563. The van der Waals surface area contributed by atoms with Gasteiger partial charge in [0.2, 0.25) is 11.8 Å². The zero-order valence-corrected chi connectivity index (χ0v) is 19.4. The molecule has 1 atom stereocenters. The molecular weight excluding hydrogens is 428 g/mol. The summed E-state index contributed by atoms with van der Waals surface area (Å²) >= 11 is 5.98. The number of hydrogen-bond donors (Lipinski definition) is 1. The number of amides is 2. The summed E-state index contributed by atoms with van der Waals surface area (Å²) in [6.07, 6.45) is 5.32. The standard InChI is InChI=1S/C25H31ClN2O4/c1-31-21-13-11-19(12-14-21)24(25(30)27-20-8-4-3-5-9-20)28(23(29)16-26)17-18-7-6-10-22(15-18)32-2/h6-7,10-15,20,24H,3-5,8-9,16-17H2,1-2H3,(H,27,30)/t24-/m1/s1. The van der Waals surface area contributed by atoms with E-state index in [4.69, 9.17) is 21.1 Å². The number of nitrogens with one attached hydrogen (secondary N) is 1. The Balaban J connectivity index is 1.95. The number of rotatable bonds is 9. The normalized spacial score (nSPS) is 15.0. The van der Waals surface area contributed by atoms with E-state index < -0.39 is 6.04 Å². The molecule has 3 rings (SSSR count). The number of hydrogen-bond acceptors (Lipinski definition) is 4. The van der Waals surface area contributed by atoms with Crippen molar-refractivity contribution >= 4 is 23.4 Å². The third kappa shape index (κ3) is 6.16. The van der Waals surface area contributed by atoms with Crippen LogP contribution in [0, 0.1) is 0 Å². The maximum atomic E-state index is 13.5. The van der Waals surface area contributed by atoms with Crippen LogP contribution in [0.15, 0.2) is 48.5 Å². The van der Waals surface area contributed by atoms with Gasteiger partial charge in [0.25, 0.3) is 0 Å². The Labute approximate surface area is 194 Å². The minimum atomic E-state index is -0.805. The van der Waals surface area contributed by atoms with Crippen molar-refractivity contribution in [3.63, 3.8) is 0 Å². The van der Waals surface area contributed by atoms with Crippen LogP contribution in [0.4, 0.5) is 0 Å². The molecule has 1 N–H and O–H groups in total. The number of carbonyl (C=O) groups is 2. The minimum Gasteiger partial charge on any atom is -0.497 e. The van der Waals surface area contributed by atoms with Gasteiger partial charge >= 0.3 is 0 Å². The highest BCUT2D eigenvalue weighted by Crippen LogP contribution is 2.28. The molecule has 0 unspecified atom stereocenters. The zero-order valence-electron chi connectivity index (χ0n) is 18.7. The van der Waals surface area contributed by atoms with Crippen molar-refractivity contribution in [3.05, 3.63) is 59.7 Å². The van der Waals surface area contributed by atoms with Crippen molar-refractivity contribution in [3.8, 4) is 11.5 Å². The minimum absolute atomic E-state index is 0.127. The lowest BCUT2D eigenvalue weighted by Gasteiger charge is -2.33. The molecule has 172 valence electrons. The second-order valence-electron chi connectivity index (χ2n) is 8.03. The Kier molecular flexibility index (Phi) is 8.80. The molecule has 1 aliphatic carbocycles. The first-order valence-corrected chi connectivity index (χ1v) is 11.5. The van der Waals surface area contributed by atoms with Crippen molar-refractivity contribution in [2.24, 2.45) is 0 Å². The van der Waals surface area contributed by atoms with Gasteiger partial charge in [-0.1, -0.05) is 43.5 Å². The van der Waals surface area contributed by atoms with Gasteiger partial charge in [0.1, 0.15) is 23.4 Å². The number of ether oxygens (including phenoxy) is 2. The van der Waals surface area contributed by atoms with Gasteiger partial charge in [0.15, 0.2) is 0 Å². The second kappa shape index (κ2) is 11.8. The molecular formula is C25H31ClN2O4. The maximum Gasteiger partial charge on any atom is 0.247 e. The van der Waals surface area contributed by atoms with Crippen LogP contribution in [0.1, 0.15) is 49.3 Å². The van der Waals surface area contributed by atoms with E-state index in [1.807, 2.05) is 36.4 Å². The molecule has 6 nitrogen and oxygen atoms in total. The molecule has 2 amide bonds. The lowest BCUT2D eigenvalue weighted by atomic mass is 9.94. The van der Waals surface area contributed by atoms with Gasteiger partial charge in [-0.3, -0.25) is 9.59 Å². The van der Waals surface area contributed by atoms with Crippen LogP contribution in [0.5, 0.6) is 11.5 Å². The fourth-order valence-corrected chi connectivity index (χ4v) is 4.31. The van der Waals surface area contributed by atoms with Crippen molar-refractivity contribution < 1.29 is 19.1 Å². The van der Waals surface area contributed by atoms with E-state index in [0.29, 0.717) is 17.1 Å². The molecule has 0 aromatic heterocycles. The molecule has 0 heterocycles. The van der Waals surface area contributed by atoms with E-state index in [1.165, 1.54) is 6.42 Å². The van der Waals surface area contributed by atoms with Gasteiger partial charge in [0.05, 0.1) is 14.2 Å². The lowest BCUT2D eigenvalue weighted by molar-refractivity contribution is -0.140. The van der Waals surface area contributed by atoms with E-state index in [-0.39, 0.29) is 30.3 Å². The highest BCUT2D eigenvalue weighted by Gasteiger charge is 2.32. The number of alkyl halides is 1. The zero-order chi connectivity index (χ0) is 22.9. The fraction of sp³-hybridized carbons (Fsp3) is 0.440. The molecule has 0 radical (unpaired) electrons. The van der Waals surface area contributed by atoms with E-state index in [0.717, 1.165) is 31.2 Å². The van der Waals surface area contributed by atoms with Gasteiger partial charge < -0.3 is 19.7 Å². The van der Waals surface area contributed by atoms with Crippen LogP contribution in [-0.2, 0) is 16.1 Å². The van der Waals surface area contributed by atoms with Crippen molar-refractivity contribution in [1.29, 1.82) is 0 Å². The maximum absolute atomic E-state index is 13.5. The van der Waals surface area contributed by atoms with Crippen molar-refractivity contribution in [2.75, 3.05) is 20.1 Å². The summed E-state index contributed by atoms with van der Waals surface area (Å²) in [7, 11) is 3.19. The highest BCUT2D eigenvalue weighted by molar-refractivity contribution is 6.27. The third-order valence-electron chi connectivity index (χ3n) is 5.86. The molecule has 32 heavy (non-hydrogen) atoms. The van der Waals surface area contributed by atoms with Crippen LogP contribution in [0.25, 0.3) is 0 Å². The molecule has 2 aromatic carbocycles. The van der Waals surface area contributed by atoms with Crippen molar-refractivity contribution in [1.82, 2.24) is 10.2 Å². The van der Waals surface area contributed by atoms with Crippen LogP contribution >= 0.6 is 11.6 Å². The van der Waals surface area contributed by atoms with Crippen LogP contribution in [0.3, 0.4) is 0 Å². The van der Waals surface area contributed by atoms with E-state index >= 15 is 0 Å². The topological polar surface area (TPSA) is 67.9 Å². The molecule has 1 aliphatic rings. The fourth-order valence-electron chi connectivity index (χ4n) is 4.15. The summed E-state index contributed by atoms with van der Waals surface area (Å²) in [4.78, 5) is 28.0. The number of methoxy groups -OCH3 is 2. The Bertz CT molecular complexity index is 897. The molecule has 7 heteroatoms. The molecule has 0 bridgehead atoms. The number of nitrogens with zero attached hydrogens (tertiary/aromatic N) is 1. The van der Waals surface area contributed by atoms with E-state index in [1.54, 1.807) is 31.3 Å². The SMILES string of the molecule is COc1ccc([C@H](C(=O)NC2CCCCC2)N(Cc2cccc(OC)c2)C(=O)CCl)cc1. The molecule has 0 saturated heterocycles. The van der Waals surface area contributed by atoms with Crippen LogP contribution < -0.4 is 14.8 Å². The summed E-state index contributed by atoms with van der Waals surface area (Å²) in [5.41, 5.74) is 1.56. The van der Waals surface area contributed by atoms with Gasteiger partial charge in [-0.25, -0.2) is 0 Å². The van der Waals surface area contributed by atoms with E-state index in [9.17, 15) is 9.59 Å². The Morgan fingerprint density at radius 3 is 2.34 bits per heavy atom. The predicted octanol–water partition coefficient (Wildman–Crippen LogP) is 4.46. The summed E-state index contributed by atoms with van der Waals surface area (Å²) in [6, 6.07) is 14.0. The number of benzene rings is 2. The van der Waals surface area contributed by atoms with Crippen molar-refractivity contribution in [2.45, 2.75) is 50.7 Å². The molecule has 0 spiro atoms. The van der Waals surface area contributed by atoms with Gasteiger partial charge in [0, 0.05) is 12.6 Å². The van der Waals surface area contributed by atoms with Gasteiger partial charge in [-0.05, 0) is 48.2 Å². The Morgan fingerprint density at radius 2 is 1.72 bits per heavy atom. The summed E-state index contributed by atoms with van der Waals surface area (Å²) in [6.45, 7) is 0.234. The molecule has 1 fully saturated rings. The summed E-state index contributed by atoms with van der Waals surface area (Å²) in [5, 5.41) is 3.18. The largest absolute Gasteiger partial charge is 0.497 e. The molecule has 1 saturated carbocycles. The lowest BCUT2D eigenvalue weighted by Crippen LogP contribution is -2.47. The highest BCUT2D eigenvalue weighted by atomic mass is 35.5. The average Bonchev–Trinajstić information content (AvgIpc) is 2.84. The smallest absolute Gasteiger partial charge is 0.247 e. The van der Waals surface area contributed by atoms with Crippen LogP contribution in [-0.4, -0.2) is 42.9 Å². The average molecular weight is 459 g/mol. The third-order valence-corrected chi connectivity index (χ3v) is 6.09. The summed E-state index contributed by atoms with van der Waals surface area (Å²) < 4.78 is 10.6. The molecule has 2 aromatic rings. The summed E-state index contributed by atoms with van der Waals surface area (Å²) in [5.74, 6) is 0.655. The van der Waals surface area contributed by atoms with E-state index in [2.05, 4.69) is 5.32 Å². The van der Waals surface area contributed by atoms with Crippen LogP contribution in [0.2, 0.25) is 0 Å². The first-order chi connectivity index (χ1) is 15.5. The second-order valence-corrected chi connectivity index (χ2v) is 8.29. The number of carbonyl (C=O) groups excluding carboxylic acids is 2. The van der Waals surface area contributed by atoms with Gasteiger partial charge in [-0.15, -0.1) is 11.6 Å². The Morgan fingerprint density at radius 1 is 1.03 bits per heavy atom. The molecule has 0 aliphatic heterocycles. The first-order valence-electron chi connectivity index (χ1n) is 11.0. The predicted molar refractivity (Wildman–Crippen MR) is 125 cm³/mol. The first kappa shape index (κ1) is 23.9. The number of halogens is 1. The monoisotopic (exact) mass is 458 g/mol. The Hall–Kier alpha value is -2.73. The van der Waals surface area contributed by atoms with Gasteiger partial charge in [-0.2, -0.15) is 0 Å².